The maximum Gasteiger partial charge on any atom is 0.277 e. The number of hydrogen-bond donors (Lipinski definition) is 0. The summed E-state index contributed by atoms with van der Waals surface area (Å²) in [6, 6.07) is 5.20. The molecule has 0 heterocycles. The van der Waals surface area contributed by atoms with Crippen LogP contribution in [-0.2, 0) is 0 Å². The van der Waals surface area contributed by atoms with Gasteiger partial charge in [0.15, 0.2) is 0 Å². The lowest BCUT2D eigenvalue weighted by Crippen LogP contribution is -1.99. The molecule has 2 rings (SSSR count). The Morgan fingerprint density at radius 1 is 1.62 bits per heavy atom. The van der Waals surface area contributed by atoms with Gasteiger partial charge in [0.05, 0.1) is 10.5 Å². The number of nitro benzene ring substituents is 1. The molecule has 0 N–H and O–H groups in total. The van der Waals surface area contributed by atoms with Gasteiger partial charge in [-0.05, 0) is 17.2 Å². The van der Waals surface area contributed by atoms with E-state index in [0.717, 1.165) is 11.1 Å². The van der Waals surface area contributed by atoms with Crippen LogP contribution in [0, 0.1) is 10.1 Å². The average Bonchev–Trinajstić information content (AvgIpc) is 2.09. The largest absolute Gasteiger partial charge is 0.277 e. The Labute approximate surface area is 71.3 Å². The summed E-state index contributed by atoms with van der Waals surface area (Å²) in [5, 5.41) is 11.5. The molecule has 0 fully saturated rings. The standard InChI is InChI=1S/C6H3NO2.FN3/c8-7(9)6-3-4-1-2-5(4)6;1-3-4-2/h1-3H;. The van der Waals surface area contributed by atoms with Gasteiger partial charge in [-0.2, -0.15) is 0 Å². The summed E-state index contributed by atoms with van der Waals surface area (Å²) < 4.78 is 9.93. The Hall–Kier alpha value is -2.14. The van der Waals surface area contributed by atoms with Crippen LogP contribution in [0.15, 0.2) is 23.5 Å². The lowest BCUT2D eigenvalue weighted by molar-refractivity contribution is -0.385. The quantitative estimate of drug-likeness (QED) is 0.223. The van der Waals surface area contributed by atoms with E-state index in [2.05, 4.69) is 0 Å². The summed E-state index contributed by atoms with van der Waals surface area (Å²) in [5.41, 5.74) is 9.04. The number of nitrogens with zero attached hydrogens (tertiary/aromatic N) is 4. The minimum Gasteiger partial charge on any atom is -0.258 e. The fourth-order valence-electron chi connectivity index (χ4n) is 0.920. The number of nitro groups is 1. The minimum atomic E-state index is -0.359. The van der Waals surface area contributed by atoms with Crippen molar-refractivity contribution in [3.8, 4) is 11.1 Å². The highest BCUT2D eigenvalue weighted by Gasteiger charge is 2.25. The van der Waals surface area contributed by atoms with E-state index in [-0.39, 0.29) is 10.6 Å². The Kier molecular flexibility index (Phi) is 2.41. The number of benzene rings is 1. The second kappa shape index (κ2) is 3.51. The van der Waals surface area contributed by atoms with Crippen molar-refractivity contribution in [1.29, 1.82) is 0 Å². The molecular weight excluding hydrogens is 179 g/mol. The van der Waals surface area contributed by atoms with Crippen molar-refractivity contribution < 1.29 is 9.40 Å². The van der Waals surface area contributed by atoms with E-state index < -0.39 is 0 Å². The molecule has 0 amide bonds. The molecule has 13 heavy (non-hydrogen) atoms. The maximum absolute atomic E-state index is 10.0. The smallest absolute Gasteiger partial charge is 0.258 e. The highest BCUT2D eigenvalue weighted by molar-refractivity contribution is 5.87. The number of halogens is 1. The Morgan fingerprint density at radius 3 is 2.31 bits per heavy atom. The molecule has 2 aliphatic carbocycles. The summed E-state index contributed by atoms with van der Waals surface area (Å²) in [4.78, 5) is 11.4. The van der Waals surface area contributed by atoms with Crippen molar-refractivity contribution >= 4 is 5.69 Å². The number of hydrogen-bond acceptors (Lipinski definition) is 3. The van der Waals surface area contributed by atoms with Crippen molar-refractivity contribution in [1.82, 2.24) is 0 Å². The van der Waals surface area contributed by atoms with Gasteiger partial charge in [0.1, 0.15) is 5.34 Å². The SMILES string of the molecule is O=[N+]([O-])c1cc2ccc1-2.[N-]=[N+]=NF. The van der Waals surface area contributed by atoms with Crippen molar-refractivity contribution in [2.45, 2.75) is 0 Å². The van der Waals surface area contributed by atoms with Gasteiger partial charge in [-0.15, -0.1) is 4.48 Å². The maximum atomic E-state index is 10.0. The highest BCUT2D eigenvalue weighted by Crippen LogP contribution is 2.41. The molecule has 0 bridgehead atoms. The molecule has 0 aromatic heterocycles. The number of rotatable bonds is 1. The van der Waals surface area contributed by atoms with Gasteiger partial charge in [0.25, 0.3) is 5.69 Å². The Balaban J connectivity index is 0.000000184. The van der Waals surface area contributed by atoms with Crippen LogP contribution in [0.4, 0.5) is 10.2 Å². The molecule has 6 nitrogen and oxygen atoms in total. The predicted molar refractivity (Wildman–Crippen MR) is 42.3 cm³/mol. The van der Waals surface area contributed by atoms with Crippen LogP contribution in [-0.4, -0.2) is 4.92 Å². The van der Waals surface area contributed by atoms with Crippen LogP contribution in [0.5, 0.6) is 0 Å². The summed E-state index contributed by atoms with van der Waals surface area (Å²) in [6.07, 6.45) is 0. The molecule has 0 spiro atoms. The van der Waals surface area contributed by atoms with E-state index in [4.69, 9.17) is 5.53 Å². The highest BCUT2D eigenvalue weighted by atomic mass is 19.2. The molecule has 0 unspecified atom stereocenters. The van der Waals surface area contributed by atoms with Crippen molar-refractivity contribution in [2.75, 3.05) is 0 Å². The van der Waals surface area contributed by atoms with Gasteiger partial charge in [-0.1, -0.05) is 6.07 Å². The first-order chi connectivity index (χ1) is 6.20. The molecule has 0 atom stereocenters. The first-order valence-electron chi connectivity index (χ1n) is 3.15. The first kappa shape index (κ1) is 8.95. The van der Waals surface area contributed by atoms with E-state index in [9.17, 15) is 14.6 Å². The molecule has 0 saturated heterocycles. The third kappa shape index (κ3) is 1.54. The normalized spacial score (nSPS) is 9.00. The molecule has 7 heteroatoms. The second-order valence-electron chi connectivity index (χ2n) is 2.15. The zero-order chi connectivity index (χ0) is 9.84. The van der Waals surface area contributed by atoms with E-state index in [1.54, 1.807) is 17.0 Å². The van der Waals surface area contributed by atoms with Crippen LogP contribution in [0.25, 0.3) is 21.6 Å². The first-order valence-corrected chi connectivity index (χ1v) is 3.15. The van der Waals surface area contributed by atoms with Crippen LogP contribution in [0.3, 0.4) is 0 Å². The Bertz CT molecular complexity index is 400. The van der Waals surface area contributed by atoms with Gasteiger partial charge in [0, 0.05) is 11.0 Å². The van der Waals surface area contributed by atoms with Crippen LogP contribution < -0.4 is 0 Å². The van der Waals surface area contributed by atoms with Crippen LogP contribution >= 0.6 is 0 Å². The molecule has 0 aliphatic heterocycles. The average molecular weight is 182 g/mol. The lowest BCUT2D eigenvalue weighted by Gasteiger charge is -2.12. The van der Waals surface area contributed by atoms with Gasteiger partial charge in [-0.25, -0.2) is 0 Å². The molecular formula is C6H3FN4O2. The number of azide groups is 1. The van der Waals surface area contributed by atoms with Gasteiger partial charge in [0.2, 0.25) is 0 Å². The van der Waals surface area contributed by atoms with E-state index >= 15 is 0 Å². The zero-order valence-corrected chi connectivity index (χ0v) is 6.22. The van der Waals surface area contributed by atoms with E-state index in [1.807, 2.05) is 6.07 Å². The fraction of sp³-hybridized carbons (Fsp3) is 0. The summed E-state index contributed by atoms with van der Waals surface area (Å²) in [5.74, 6) is 0. The van der Waals surface area contributed by atoms with Crippen molar-refractivity contribution in [2.24, 2.45) is 5.34 Å². The Morgan fingerprint density at radius 2 is 2.23 bits per heavy atom. The van der Waals surface area contributed by atoms with Gasteiger partial charge >= 0.3 is 0 Å². The predicted octanol–water partition coefficient (Wildman–Crippen LogP) is 2.76. The topological polar surface area (TPSA) is 91.9 Å². The minimum absolute atomic E-state index is 0.257. The van der Waals surface area contributed by atoms with Gasteiger partial charge < -0.3 is 0 Å². The lowest BCUT2D eigenvalue weighted by atomic mass is 9.91. The zero-order valence-electron chi connectivity index (χ0n) is 6.22. The third-order valence-electron chi connectivity index (χ3n) is 1.54. The monoisotopic (exact) mass is 182 g/mol. The summed E-state index contributed by atoms with van der Waals surface area (Å²) in [7, 11) is 0. The van der Waals surface area contributed by atoms with E-state index in [0.29, 0.717) is 0 Å². The van der Waals surface area contributed by atoms with E-state index in [1.165, 1.54) is 5.34 Å². The van der Waals surface area contributed by atoms with Gasteiger partial charge in [-0.3, -0.25) is 10.1 Å². The molecule has 2 aliphatic rings. The third-order valence-corrected chi connectivity index (χ3v) is 1.54. The summed E-state index contributed by atoms with van der Waals surface area (Å²) >= 11 is 0. The fourth-order valence-corrected chi connectivity index (χ4v) is 0.920. The van der Waals surface area contributed by atoms with Crippen molar-refractivity contribution in [3.05, 3.63) is 38.8 Å². The van der Waals surface area contributed by atoms with Crippen LogP contribution in [0.1, 0.15) is 0 Å². The second-order valence-corrected chi connectivity index (χ2v) is 2.15. The molecule has 0 aromatic rings. The molecule has 0 saturated carbocycles. The molecule has 0 aromatic carbocycles. The van der Waals surface area contributed by atoms with Crippen LogP contribution in [0.2, 0.25) is 0 Å². The molecule has 0 radical (unpaired) electrons. The number of fused-ring (bicyclic) bond motifs is 1. The summed E-state index contributed by atoms with van der Waals surface area (Å²) in [6.45, 7) is 0. The van der Waals surface area contributed by atoms with Crippen molar-refractivity contribution in [3.63, 3.8) is 0 Å². The molecule has 66 valence electrons.